The van der Waals surface area contributed by atoms with Gasteiger partial charge in [-0.1, -0.05) is 29.8 Å². The maximum atomic E-state index is 12.2. The Hall–Kier alpha value is -2.04. The topological polar surface area (TPSA) is 47.6 Å². The van der Waals surface area contributed by atoms with Crippen LogP contribution in [0.5, 0.6) is 5.75 Å². The molecule has 0 heterocycles. The highest BCUT2D eigenvalue weighted by Crippen LogP contribution is 2.20. The Morgan fingerprint density at radius 1 is 1.14 bits per heavy atom. The van der Waals surface area contributed by atoms with Gasteiger partial charge in [-0.05, 0) is 30.3 Å². The summed E-state index contributed by atoms with van der Waals surface area (Å²) in [5.41, 5.74) is 1.28. The highest BCUT2D eigenvalue weighted by atomic mass is 35.5. The quantitative estimate of drug-likeness (QED) is 0.861. The van der Waals surface area contributed by atoms with Crippen molar-refractivity contribution < 1.29 is 14.3 Å². The van der Waals surface area contributed by atoms with Crippen molar-refractivity contribution >= 4 is 17.5 Å². The van der Waals surface area contributed by atoms with Crippen molar-refractivity contribution in [2.45, 2.75) is 6.23 Å². The van der Waals surface area contributed by atoms with Crippen LogP contribution in [0.1, 0.15) is 22.1 Å². The number of benzene rings is 2. The molecule has 2 aromatic rings. The number of ether oxygens (including phenoxy) is 2. The van der Waals surface area contributed by atoms with Crippen LogP contribution in [0.3, 0.4) is 0 Å². The van der Waals surface area contributed by atoms with Crippen molar-refractivity contribution in [2.24, 2.45) is 0 Å². The fourth-order valence-electron chi connectivity index (χ4n) is 1.92. The third-order valence-electron chi connectivity index (χ3n) is 2.98. The van der Waals surface area contributed by atoms with Gasteiger partial charge in [0.2, 0.25) is 0 Å². The van der Waals surface area contributed by atoms with Gasteiger partial charge in [-0.25, -0.2) is 0 Å². The third kappa shape index (κ3) is 3.97. The molecule has 2 rings (SSSR count). The predicted octanol–water partition coefficient (Wildman–Crippen LogP) is 3.42. The van der Waals surface area contributed by atoms with Gasteiger partial charge in [-0.3, -0.25) is 4.79 Å². The van der Waals surface area contributed by atoms with Crippen molar-refractivity contribution in [3.8, 4) is 5.75 Å². The Morgan fingerprint density at radius 2 is 1.90 bits per heavy atom. The van der Waals surface area contributed by atoms with Crippen molar-refractivity contribution in [2.75, 3.05) is 14.2 Å². The minimum Gasteiger partial charge on any atom is -0.497 e. The minimum atomic E-state index is -0.563. The SMILES string of the molecule is COc1cccc(C(NC(=O)c2cccc(Cl)c2)OC)c1. The lowest BCUT2D eigenvalue weighted by Crippen LogP contribution is -2.29. The smallest absolute Gasteiger partial charge is 0.253 e. The van der Waals surface area contributed by atoms with E-state index in [1.807, 2.05) is 24.3 Å². The van der Waals surface area contributed by atoms with Gasteiger partial charge >= 0.3 is 0 Å². The van der Waals surface area contributed by atoms with Crippen LogP contribution >= 0.6 is 11.6 Å². The molecule has 5 heteroatoms. The highest BCUT2D eigenvalue weighted by Gasteiger charge is 2.15. The van der Waals surface area contributed by atoms with Gasteiger partial charge in [-0.2, -0.15) is 0 Å². The predicted molar refractivity (Wildman–Crippen MR) is 81.7 cm³/mol. The Kier molecular flexibility index (Phi) is 5.20. The van der Waals surface area contributed by atoms with Crippen LogP contribution < -0.4 is 10.1 Å². The molecule has 2 aromatic carbocycles. The lowest BCUT2D eigenvalue weighted by molar-refractivity contribution is 0.0574. The minimum absolute atomic E-state index is 0.257. The summed E-state index contributed by atoms with van der Waals surface area (Å²) in [6.07, 6.45) is -0.563. The molecule has 21 heavy (non-hydrogen) atoms. The first-order valence-corrected chi connectivity index (χ1v) is 6.75. The van der Waals surface area contributed by atoms with E-state index in [9.17, 15) is 4.79 Å². The van der Waals surface area contributed by atoms with E-state index >= 15 is 0 Å². The molecule has 0 spiro atoms. The zero-order chi connectivity index (χ0) is 15.2. The van der Waals surface area contributed by atoms with E-state index in [1.54, 1.807) is 31.4 Å². The first kappa shape index (κ1) is 15.4. The summed E-state index contributed by atoms with van der Waals surface area (Å²) in [5, 5.41) is 3.31. The zero-order valence-corrected chi connectivity index (χ0v) is 12.6. The van der Waals surface area contributed by atoms with E-state index in [0.717, 1.165) is 5.56 Å². The molecule has 0 aliphatic heterocycles. The van der Waals surface area contributed by atoms with Gasteiger partial charge in [0.05, 0.1) is 7.11 Å². The van der Waals surface area contributed by atoms with E-state index < -0.39 is 6.23 Å². The normalized spacial score (nSPS) is 11.8. The molecule has 0 radical (unpaired) electrons. The number of hydrogen-bond acceptors (Lipinski definition) is 3. The third-order valence-corrected chi connectivity index (χ3v) is 3.22. The van der Waals surface area contributed by atoms with Crippen LogP contribution in [-0.4, -0.2) is 20.1 Å². The maximum Gasteiger partial charge on any atom is 0.253 e. The van der Waals surface area contributed by atoms with Crippen LogP contribution in [0, 0.1) is 0 Å². The Balaban J connectivity index is 2.16. The molecule has 0 aromatic heterocycles. The van der Waals surface area contributed by atoms with Gasteiger partial charge in [0.1, 0.15) is 5.75 Å². The van der Waals surface area contributed by atoms with E-state index in [2.05, 4.69) is 5.32 Å². The Labute approximate surface area is 128 Å². The second-order valence-corrected chi connectivity index (χ2v) is 4.81. The van der Waals surface area contributed by atoms with Crippen LogP contribution in [0.15, 0.2) is 48.5 Å². The molecule has 1 amide bonds. The maximum absolute atomic E-state index is 12.2. The first-order valence-electron chi connectivity index (χ1n) is 6.37. The van der Waals surface area contributed by atoms with Gasteiger partial charge in [0, 0.05) is 23.3 Å². The molecule has 1 atom stereocenters. The monoisotopic (exact) mass is 305 g/mol. The summed E-state index contributed by atoms with van der Waals surface area (Å²) in [6, 6.07) is 14.1. The van der Waals surface area contributed by atoms with Crippen LogP contribution in [0.25, 0.3) is 0 Å². The molecule has 110 valence electrons. The summed E-state index contributed by atoms with van der Waals surface area (Å²) in [5.74, 6) is 0.443. The van der Waals surface area contributed by atoms with E-state index in [4.69, 9.17) is 21.1 Å². The molecule has 1 unspecified atom stereocenters. The molecule has 0 aliphatic carbocycles. The van der Waals surface area contributed by atoms with Crippen LogP contribution in [0.2, 0.25) is 5.02 Å². The number of rotatable bonds is 5. The van der Waals surface area contributed by atoms with Crippen LogP contribution in [-0.2, 0) is 4.74 Å². The summed E-state index contributed by atoms with van der Waals surface area (Å²) in [7, 11) is 3.12. The average Bonchev–Trinajstić information content (AvgIpc) is 2.52. The summed E-state index contributed by atoms with van der Waals surface area (Å²) < 4.78 is 10.5. The number of methoxy groups -OCH3 is 2. The summed E-state index contributed by atoms with van der Waals surface area (Å²) >= 11 is 5.89. The number of nitrogens with one attached hydrogen (secondary N) is 1. The summed E-state index contributed by atoms with van der Waals surface area (Å²) in [6.45, 7) is 0. The number of amides is 1. The van der Waals surface area contributed by atoms with Gasteiger partial charge in [-0.15, -0.1) is 0 Å². The summed E-state index contributed by atoms with van der Waals surface area (Å²) in [4.78, 5) is 12.2. The largest absolute Gasteiger partial charge is 0.497 e. The molecular weight excluding hydrogens is 290 g/mol. The van der Waals surface area contributed by atoms with Crippen molar-refractivity contribution in [3.63, 3.8) is 0 Å². The Morgan fingerprint density at radius 3 is 2.57 bits per heavy atom. The number of halogens is 1. The lowest BCUT2D eigenvalue weighted by Gasteiger charge is -2.18. The standard InChI is InChI=1S/C16H16ClNO3/c1-20-14-8-4-6-12(10-14)16(21-2)18-15(19)11-5-3-7-13(17)9-11/h3-10,16H,1-2H3,(H,18,19). The van der Waals surface area contributed by atoms with E-state index in [-0.39, 0.29) is 5.91 Å². The second-order valence-electron chi connectivity index (χ2n) is 4.38. The van der Waals surface area contributed by atoms with E-state index in [1.165, 1.54) is 7.11 Å². The molecule has 0 aliphatic rings. The lowest BCUT2D eigenvalue weighted by atomic mass is 10.1. The molecule has 0 saturated carbocycles. The molecule has 0 fully saturated rings. The van der Waals surface area contributed by atoms with Gasteiger partial charge < -0.3 is 14.8 Å². The Bertz CT molecular complexity index is 630. The number of carbonyl (C=O) groups is 1. The van der Waals surface area contributed by atoms with E-state index in [0.29, 0.717) is 16.3 Å². The van der Waals surface area contributed by atoms with Crippen molar-refractivity contribution in [3.05, 3.63) is 64.7 Å². The molecule has 0 saturated heterocycles. The number of carbonyl (C=O) groups excluding carboxylic acids is 1. The molecule has 0 bridgehead atoms. The molecular formula is C16H16ClNO3. The van der Waals surface area contributed by atoms with Crippen molar-refractivity contribution in [1.82, 2.24) is 5.32 Å². The second kappa shape index (κ2) is 7.11. The van der Waals surface area contributed by atoms with Crippen LogP contribution in [0.4, 0.5) is 0 Å². The fourth-order valence-corrected chi connectivity index (χ4v) is 2.11. The van der Waals surface area contributed by atoms with Gasteiger partial charge in [0.15, 0.2) is 6.23 Å². The van der Waals surface area contributed by atoms with Crippen molar-refractivity contribution in [1.29, 1.82) is 0 Å². The number of hydrogen-bond donors (Lipinski definition) is 1. The molecule has 4 nitrogen and oxygen atoms in total. The molecule has 1 N–H and O–H groups in total. The van der Waals surface area contributed by atoms with Gasteiger partial charge in [0.25, 0.3) is 5.91 Å². The first-order chi connectivity index (χ1) is 10.1. The fraction of sp³-hybridized carbons (Fsp3) is 0.188. The average molecular weight is 306 g/mol. The zero-order valence-electron chi connectivity index (χ0n) is 11.8. The highest BCUT2D eigenvalue weighted by molar-refractivity contribution is 6.30.